The fourth-order valence-corrected chi connectivity index (χ4v) is 7.39. The number of aliphatic carboxylic acids is 1. The number of sulfonamides is 1. The number of carbonyl (C=O) groups excluding carboxylic acids is 1. The van der Waals surface area contributed by atoms with Crippen LogP contribution in [-0.2, 0) is 25.3 Å². The summed E-state index contributed by atoms with van der Waals surface area (Å²) < 4.78 is 37.4. The number of piperidine rings is 1. The lowest BCUT2D eigenvalue weighted by atomic mass is 10.1. The molecule has 0 radical (unpaired) electrons. The SMILES string of the molecule is COC(=O)c1sc(-c2cccc(NC3CCN(S(=O)(=O)Cc4ccc(Cl)cc4)CC3)c2)c(Cl)c1OCC(=O)O. The number of thiophene rings is 1. The van der Waals surface area contributed by atoms with E-state index in [0.29, 0.717) is 47.0 Å². The van der Waals surface area contributed by atoms with Crippen molar-refractivity contribution in [1.29, 1.82) is 0 Å². The van der Waals surface area contributed by atoms with Gasteiger partial charge in [0.25, 0.3) is 0 Å². The highest BCUT2D eigenvalue weighted by atomic mass is 35.5. The fourth-order valence-electron chi connectivity index (χ4n) is 4.22. The topological polar surface area (TPSA) is 122 Å². The molecule has 2 aromatic carbocycles. The highest BCUT2D eigenvalue weighted by Crippen LogP contribution is 2.46. The van der Waals surface area contributed by atoms with Crippen LogP contribution >= 0.6 is 34.5 Å². The third-order valence-electron chi connectivity index (χ3n) is 6.13. The van der Waals surface area contributed by atoms with Gasteiger partial charge in [0.05, 0.1) is 17.7 Å². The Morgan fingerprint density at radius 3 is 2.46 bits per heavy atom. The number of halogens is 2. The predicted octanol–water partition coefficient (Wildman–Crippen LogP) is 5.38. The zero-order chi connectivity index (χ0) is 28.2. The maximum absolute atomic E-state index is 12.9. The number of hydrogen-bond donors (Lipinski definition) is 2. The van der Waals surface area contributed by atoms with Gasteiger partial charge in [-0.25, -0.2) is 22.3 Å². The second kappa shape index (κ2) is 12.6. The van der Waals surface area contributed by atoms with Gasteiger partial charge in [0, 0.05) is 29.8 Å². The first-order chi connectivity index (χ1) is 18.6. The van der Waals surface area contributed by atoms with E-state index in [1.54, 1.807) is 24.3 Å². The first kappa shape index (κ1) is 29.2. The summed E-state index contributed by atoms with van der Waals surface area (Å²) >= 11 is 13.5. The van der Waals surface area contributed by atoms with Crippen LogP contribution in [0.5, 0.6) is 5.75 Å². The van der Waals surface area contributed by atoms with Crippen molar-refractivity contribution >= 4 is 62.2 Å². The van der Waals surface area contributed by atoms with Crippen molar-refractivity contribution in [3.63, 3.8) is 0 Å². The van der Waals surface area contributed by atoms with Crippen molar-refractivity contribution in [1.82, 2.24) is 4.31 Å². The lowest BCUT2D eigenvalue weighted by Gasteiger charge is -2.32. The second-order valence-electron chi connectivity index (χ2n) is 8.86. The van der Waals surface area contributed by atoms with E-state index in [2.05, 4.69) is 5.32 Å². The third-order valence-corrected chi connectivity index (χ3v) is 9.90. The molecular formula is C26H26Cl2N2O7S2. The lowest BCUT2D eigenvalue weighted by molar-refractivity contribution is -0.139. The van der Waals surface area contributed by atoms with Gasteiger partial charge in [-0.15, -0.1) is 11.3 Å². The minimum atomic E-state index is -3.45. The molecule has 4 rings (SSSR count). The number of esters is 1. The Kier molecular flexibility index (Phi) is 9.39. The number of nitrogens with zero attached hydrogens (tertiary/aromatic N) is 1. The van der Waals surface area contributed by atoms with E-state index >= 15 is 0 Å². The predicted molar refractivity (Wildman–Crippen MR) is 152 cm³/mol. The smallest absolute Gasteiger partial charge is 0.351 e. The summed E-state index contributed by atoms with van der Waals surface area (Å²) in [6, 6.07) is 14.3. The summed E-state index contributed by atoms with van der Waals surface area (Å²) in [6.45, 7) is 0.142. The van der Waals surface area contributed by atoms with Gasteiger partial charge in [-0.3, -0.25) is 0 Å². The zero-order valence-corrected chi connectivity index (χ0v) is 24.0. The molecule has 208 valence electrons. The Bertz CT molecular complexity index is 1450. The van der Waals surface area contributed by atoms with Gasteiger partial charge in [-0.05, 0) is 48.2 Å². The first-order valence-corrected chi connectivity index (χ1v) is 15.1. The average Bonchev–Trinajstić information content (AvgIpc) is 3.24. The van der Waals surface area contributed by atoms with Gasteiger partial charge in [-0.1, -0.05) is 47.5 Å². The number of benzene rings is 2. The molecule has 1 saturated heterocycles. The normalized spacial score (nSPS) is 14.6. The van der Waals surface area contributed by atoms with Crippen LogP contribution in [0.1, 0.15) is 28.1 Å². The molecule has 0 amide bonds. The van der Waals surface area contributed by atoms with Crippen LogP contribution in [0.3, 0.4) is 0 Å². The summed E-state index contributed by atoms with van der Waals surface area (Å²) in [4.78, 5) is 23.8. The molecule has 1 aliphatic rings. The molecule has 0 saturated carbocycles. The molecule has 1 fully saturated rings. The summed E-state index contributed by atoms with van der Waals surface area (Å²) in [5.41, 5.74) is 2.19. The number of carbonyl (C=O) groups is 2. The van der Waals surface area contributed by atoms with Crippen LogP contribution in [0, 0.1) is 0 Å². The third kappa shape index (κ3) is 7.23. The molecule has 0 atom stereocenters. The van der Waals surface area contributed by atoms with E-state index < -0.39 is 28.6 Å². The van der Waals surface area contributed by atoms with Crippen LogP contribution < -0.4 is 10.1 Å². The van der Waals surface area contributed by atoms with Crippen LogP contribution in [0.25, 0.3) is 10.4 Å². The van der Waals surface area contributed by atoms with E-state index in [1.807, 2.05) is 24.3 Å². The van der Waals surface area contributed by atoms with E-state index in [0.717, 1.165) is 17.0 Å². The molecule has 0 spiro atoms. The van der Waals surface area contributed by atoms with Gasteiger partial charge in [0.15, 0.2) is 17.2 Å². The van der Waals surface area contributed by atoms with Crippen LogP contribution in [0.2, 0.25) is 10.0 Å². The maximum atomic E-state index is 12.9. The minimum absolute atomic E-state index is 0.0311. The highest BCUT2D eigenvalue weighted by molar-refractivity contribution is 7.88. The summed E-state index contributed by atoms with van der Waals surface area (Å²) in [7, 11) is -2.23. The molecule has 3 aromatic rings. The number of carboxylic acid groups (broad SMARTS) is 1. The van der Waals surface area contributed by atoms with Crippen molar-refractivity contribution in [2.45, 2.75) is 24.6 Å². The zero-order valence-electron chi connectivity index (χ0n) is 20.9. The van der Waals surface area contributed by atoms with E-state index in [9.17, 15) is 18.0 Å². The van der Waals surface area contributed by atoms with Gasteiger partial charge >= 0.3 is 11.9 Å². The standard InChI is InChI=1S/C26H26Cl2N2O7S2/c1-36-26(33)25-23(37-14-21(31)32)22(28)24(38-25)17-3-2-4-20(13-17)29-19-9-11-30(12-10-19)39(34,35)15-16-5-7-18(27)8-6-16/h2-8,13,19,29H,9-12,14-15H2,1H3,(H,31,32). The fraction of sp³-hybridized carbons (Fsp3) is 0.308. The van der Waals surface area contributed by atoms with Crippen LogP contribution in [0.4, 0.5) is 5.69 Å². The molecule has 2 heterocycles. The van der Waals surface area contributed by atoms with E-state index in [-0.39, 0.29) is 27.4 Å². The van der Waals surface area contributed by atoms with Gasteiger partial charge in [0.1, 0.15) is 5.02 Å². The molecule has 9 nitrogen and oxygen atoms in total. The number of hydrogen-bond acceptors (Lipinski definition) is 8. The second-order valence-corrected chi connectivity index (χ2v) is 12.7. The Labute approximate surface area is 240 Å². The minimum Gasteiger partial charge on any atom is -0.479 e. The highest BCUT2D eigenvalue weighted by Gasteiger charge is 2.29. The average molecular weight is 614 g/mol. The molecule has 39 heavy (non-hydrogen) atoms. The van der Waals surface area contributed by atoms with E-state index in [4.69, 9.17) is 37.8 Å². The number of anilines is 1. The van der Waals surface area contributed by atoms with Crippen molar-refractivity contribution in [3.8, 4) is 16.2 Å². The molecule has 0 unspecified atom stereocenters. The summed E-state index contributed by atoms with van der Waals surface area (Å²) in [6.07, 6.45) is 1.26. The number of methoxy groups -OCH3 is 1. The number of rotatable bonds is 10. The summed E-state index contributed by atoms with van der Waals surface area (Å²) in [5, 5.41) is 13.1. The molecule has 2 N–H and O–H groups in total. The Morgan fingerprint density at radius 1 is 1.13 bits per heavy atom. The molecule has 1 aromatic heterocycles. The molecule has 0 aliphatic carbocycles. The van der Waals surface area contributed by atoms with Crippen molar-refractivity contribution in [2.75, 3.05) is 32.1 Å². The van der Waals surface area contributed by atoms with Crippen LogP contribution in [0.15, 0.2) is 48.5 Å². The van der Waals surface area contributed by atoms with Crippen molar-refractivity contribution in [2.24, 2.45) is 0 Å². The Balaban J connectivity index is 1.43. The largest absolute Gasteiger partial charge is 0.479 e. The monoisotopic (exact) mass is 612 g/mol. The van der Waals surface area contributed by atoms with Gasteiger partial charge < -0.3 is 19.9 Å². The van der Waals surface area contributed by atoms with Crippen LogP contribution in [-0.4, -0.2) is 62.6 Å². The Morgan fingerprint density at radius 2 is 1.82 bits per heavy atom. The molecule has 0 bridgehead atoms. The van der Waals surface area contributed by atoms with Crippen molar-refractivity contribution < 1.29 is 32.6 Å². The van der Waals surface area contributed by atoms with Gasteiger partial charge in [-0.2, -0.15) is 0 Å². The molecular weight excluding hydrogens is 587 g/mol. The first-order valence-electron chi connectivity index (χ1n) is 11.9. The maximum Gasteiger partial charge on any atom is 0.351 e. The quantitative estimate of drug-likeness (QED) is 0.293. The van der Waals surface area contributed by atoms with E-state index in [1.165, 1.54) is 11.4 Å². The van der Waals surface area contributed by atoms with Crippen molar-refractivity contribution in [3.05, 3.63) is 69.0 Å². The van der Waals surface area contributed by atoms with Gasteiger partial charge in [0.2, 0.25) is 10.0 Å². The lowest BCUT2D eigenvalue weighted by Crippen LogP contribution is -2.42. The number of carboxylic acids is 1. The number of ether oxygens (including phenoxy) is 2. The number of nitrogens with one attached hydrogen (secondary N) is 1. The Hall–Kier alpha value is -2.83. The summed E-state index contributed by atoms with van der Waals surface area (Å²) in [5.74, 6) is -1.99. The molecule has 13 heteroatoms. The molecule has 1 aliphatic heterocycles.